The van der Waals surface area contributed by atoms with Gasteiger partial charge in [-0.2, -0.15) is 0 Å². The standard InChI is InChI=1S/C18H20N4OS/c1-22(2)18(19-11-14-7-4-3-5-8-14)20-12-15-13-23-17(21-15)16-9-6-10-24-16/h3-10,13H,11-12H2,1-2H3,(H,19,20). The number of nitrogens with one attached hydrogen (secondary N) is 1. The largest absolute Gasteiger partial charge is 0.443 e. The number of guanidine groups is 1. The van der Waals surface area contributed by atoms with Crippen molar-refractivity contribution >= 4 is 17.3 Å². The van der Waals surface area contributed by atoms with E-state index in [1.54, 1.807) is 17.6 Å². The predicted octanol–water partition coefficient (Wildman–Crippen LogP) is 3.61. The highest BCUT2D eigenvalue weighted by atomic mass is 32.1. The number of nitrogens with zero attached hydrogens (tertiary/aromatic N) is 3. The molecule has 1 aromatic carbocycles. The van der Waals surface area contributed by atoms with E-state index < -0.39 is 0 Å². The summed E-state index contributed by atoms with van der Waals surface area (Å²) in [6, 6.07) is 14.2. The number of aliphatic imine (C=N–C) groups is 1. The molecule has 5 nitrogen and oxygen atoms in total. The average molecular weight is 340 g/mol. The fourth-order valence-electron chi connectivity index (χ4n) is 2.18. The summed E-state index contributed by atoms with van der Waals surface area (Å²) in [5.41, 5.74) is 2.03. The van der Waals surface area contributed by atoms with Crippen LogP contribution < -0.4 is 5.32 Å². The summed E-state index contributed by atoms with van der Waals surface area (Å²) in [5, 5.41) is 5.33. The van der Waals surface area contributed by atoms with Gasteiger partial charge in [-0.05, 0) is 17.0 Å². The minimum Gasteiger partial charge on any atom is -0.443 e. The lowest BCUT2D eigenvalue weighted by Crippen LogP contribution is -2.36. The van der Waals surface area contributed by atoms with E-state index in [0.29, 0.717) is 19.0 Å². The molecule has 1 N–H and O–H groups in total. The molecule has 0 fully saturated rings. The Morgan fingerprint density at radius 1 is 1.21 bits per heavy atom. The fourth-order valence-corrected chi connectivity index (χ4v) is 2.83. The minimum atomic E-state index is 0.570. The van der Waals surface area contributed by atoms with E-state index in [1.807, 2.05) is 54.7 Å². The van der Waals surface area contributed by atoms with Gasteiger partial charge < -0.3 is 14.6 Å². The van der Waals surface area contributed by atoms with Crippen molar-refractivity contribution in [2.75, 3.05) is 14.1 Å². The molecule has 0 amide bonds. The Bertz CT molecular complexity index is 778. The molecule has 0 bridgehead atoms. The predicted molar refractivity (Wildman–Crippen MR) is 97.9 cm³/mol. The Morgan fingerprint density at radius 3 is 2.75 bits per heavy atom. The first-order chi connectivity index (χ1) is 11.7. The highest BCUT2D eigenvalue weighted by Gasteiger charge is 2.09. The van der Waals surface area contributed by atoms with Gasteiger partial charge in [0.05, 0.1) is 23.7 Å². The van der Waals surface area contributed by atoms with Gasteiger partial charge in [-0.3, -0.25) is 0 Å². The Labute approximate surface area is 145 Å². The second-order valence-electron chi connectivity index (χ2n) is 5.49. The zero-order valence-electron chi connectivity index (χ0n) is 13.8. The molecule has 2 heterocycles. The molecule has 0 spiro atoms. The molecule has 0 aliphatic heterocycles. The number of oxazole rings is 1. The third-order valence-electron chi connectivity index (χ3n) is 3.39. The third-order valence-corrected chi connectivity index (χ3v) is 4.25. The molecule has 124 valence electrons. The molecule has 0 unspecified atom stereocenters. The van der Waals surface area contributed by atoms with E-state index in [4.69, 9.17) is 4.42 Å². The van der Waals surface area contributed by atoms with Crippen LogP contribution in [0.3, 0.4) is 0 Å². The van der Waals surface area contributed by atoms with Crippen molar-refractivity contribution in [1.82, 2.24) is 15.2 Å². The summed E-state index contributed by atoms with van der Waals surface area (Å²) >= 11 is 1.62. The quantitative estimate of drug-likeness (QED) is 0.569. The van der Waals surface area contributed by atoms with Crippen LogP contribution in [0.4, 0.5) is 0 Å². The molecule has 24 heavy (non-hydrogen) atoms. The summed E-state index contributed by atoms with van der Waals surface area (Å²) in [6.45, 7) is 1.21. The van der Waals surface area contributed by atoms with Crippen LogP contribution in [0.5, 0.6) is 0 Å². The summed E-state index contributed by atoms with van der Waals surface area (Å²) in [4.78, 5) is 12.1. The lowest BCUT2D eigenvalue weighted by Gasteiger charge is -2.17. The number of aromatic nitrogens is 1. The van der Waals surface area contributed by atoms with Crippen LogP contribution in [0.2, 0.25) is 0 Å². The second kappa shape index (κ2) is 7.79. The lowest BCUT2D eigenvalue weighted by molar-refractivity contribution is 0.567. The Balaban J connectivity index is 1.62. The minimum absolute atomic E-state index is 0.570. The van der Waals surface area contributed by atoms with Gasteiger partial charge in [-0.15, -0.1) is 11.3 Å². The number of rotatable bonds is 5. The molecule has 3 rings (SSSR count). The molecule has 0 atom stereocenters. The van der Waals surface area contributed by atoms with Crippen LogP contribution >= 0.6 is 11.3 Å². The van der Waals surface area contributed by atoms with Crippen LogP contribution in [0.15, 0.2) is 63.5 Å². The number of thiophene rings is 1. The summed E-state index contributed by atoms with van der Waals surface area (Å²) in [7, 11) is 3.94. The Hall–Kier alpha value is -2.60. The molecule has 6 heteroatoms. The van der Waals surface area contributed by atoms with Crippen LogP contribution in [0.25, 0.3) is 10.8 Å². The molecule has 0 saturated carbocycles. The van der Waals surface area contributed by atoms with Crippen molar-refractivity contribution in [2.45, 2.75) is 13.1 Å². The van der Waals surface area contributed by atoms with Crippen molar-refractivity contribution < 1.29 is 4.42 Å². The maximum atomic E-state index is 5.54. The van der Waals surface area contributed by atoms with Crippen molar-refractivity contribution in [3.05, 3.63) is 65.4 Å². The molecule has 0 saturated heterocycles. The first-order valence-corrected chi connectivity index (χ1v) is 8.58. The molecule has 0 aliphatic carbocycles. The SMILES string of the molecule is CN(C)C(=NCc1ccccc1)NCc1coc(-c2cccs2)n1. The van der Waals surface area contributed by atoms with Gasteiger partial charge in [-0.25, -0.2) is 9.98 Å². The highest BCUT2D eigenvalue weighted by Crippen LogP contribution is 2.23. The average Bonchev–Trinajstić information content (AvgIpc) is 3.27. The third kappa shape index (κ3) is 4.23. The van der Waals surface area contributed by atoms with Gasteiger partial charge in [0.2, 0.25) is 5.89 Å². The highest BCUT2D eigenvalue weighted by molar-refractivity contribution is 7.13. The first-order valence-electron chi connectivity index (χ1n) is 7.70. The maximum Gasteiger partial charge on any atom is 0.236 e. The molecular formula is C18H20N4OS. The molecular weight excluding hydrogens is 320 g/mol. The zero-order chi connectivity index (χ0) is 16.8. The Morgan fingerprint density at radius 2 is 2.04 bits per heavy atom. The van der Waals surface area contributed by atoms with Gasteiger partial charge in [0.15, 0.2) is 5.96 Å². The summed E-state index contributed by atoms with van der Waals surface area (Å²) < 4.78 is 5.54. The fraction of sp³-hybridized carbons (Fsp3) is 0.222. The number of hydrogen-bond acceptors (Lipinski definition) is 4. The van der Waals surface area contributed by atoms with E-state index in [0.717, 1.165) is 16.5 Å². The van der Waals surface area contributed by atoms with E-state index in [9.17, 15) is 0 Å². The molecule has 0 aliphatic rings. The van der Waals surface area contributed by atoms with E-state index >= 15 is 0 Å². The molecule has 0 radical (unpaired) electrons. The van der Waals surface area contributed by atoms with E-state index in [-0.39, 0.29) is 0 Å². The van der Waals surface area contributed by atoms with E-state index in [1.165, 1.54) is 5.56 Å². The van der Waals surface area contributed by atoms with Crippen molar-refractivity contribution in [3.63, 3.8) is 0 Å². The lowest BCUT2D eigenvalue weighted by atomic mass is 10.2. The number of hydrogen-bond donors (Lipinski definition) is 1. The zero-order valence-corrected chi connectivity index (χ0v) is 14.6. The van der Waals surface area contributed by atoms with Gasteiger partial charge in [-0.1, -0.05) is 36.4 Å². The van der Waals surface area contributed by atoms with Gasteiger partial charge in [0.25, 0.3) is 0 Å². The van der Waals surface area contributed by atoms with Crippen LogP contribution in [-0.4, -0.2) is 29.9 Å². The van der Waals surface area contributed by atoms with Crippen molar-refractivity contribution in [2.24, 2.45) is 4.99 Å². The molecule has 3 aromatic rings. The summed E-state index contributed by atoms with van der Waals surface area (Å²) in [6.07, 6.45) is 1.69. The van der Waals surface area contributed by atoms with Gasteiger partial charge in [0.1, 0.15) is 6.26 Å². The first kappa shape index (κ1) is 16.3. The monoisotopic (exact) mass is 340 g/mol. The topological polar surface area (TPSA) is 53.7 Å². The van der Waals surface area contributed by atoms with Crippen LogP contribution in [-0.2, 0) is 13.1 Å². The second-order valence-corrected chi connectivity index (χ2v) is 6.44. The Kier molecular flexibility index (Phi) is 5.28. The van der Waals surface area contributed by atoms with Crippen LogP contribution in [0, 0.1) is 0 Å². The summed E-state index contributed by atoms with van der Waals surface area (Å²) in [5.74, 6) is 1.48. The van der Waals surface area contributed by atoms with Crippen molar-refractivity contribution in [3.8, 4) is 10.8 Å². The van der Waals surface area contributed by atoms with Crippen LogP contribution in [0.1, 0.15) is 11.3 Å². The number of benzene rings is 1. The normalized spacial score (nSPS) is 11.5. The van der Waals surface area contributed by atoms with Crippen molar-refractivity contribution in [1.29, 1.82) is 0 Å². The van der Waals surface area contributed by atoms with E-state index in [2.05, 4.69) is 27.4 Å². The van der Waals surface area contributed by atoms with Gasteiger partial charge in [0, 0.05) is 14.1 Å². The van der Waals surface area contributed by atoms with Gasteiger partial charge >= 0.3 is 0 Å². The smallest absolute Gasteiger partial charge is 0.236 e. The molecule has 2 aromatic heterocycles. The maximum absolute atomic E-state index is 5.54.